The van der Waals surface area contributed by atoms with Crippen molar-refractivity contribution in [3.8, 4) is 5.75 Å². The Bertz CT molecular complexity index is 552. The van der Waals surface area contributed by atoms with E-state index in [1.807, 2.05) is 0 Å². The van der Waals surface area contributed by atoms with Crippen LogP contribution < -0.4 is 10.5 Å². The summed E-state index contributed by atoms with van der Waals surface area (Å²) >= 11 is 0. The molecule has 0 saturated carbocycles. The van der Waals surface area contributed by atoms with E-state index in [1.54, 1.807) is 6.92 Å². The van der Waals surface area contributed by atoms with E-state index in [4.69, 9.17) is 15.2 Å². The minimum Gasteiger partial charge on any atom is -0.482 e. The topological polar surface area (TPSA) is 77.7 Å². The van der Waals surface area contributed by atoms with Crippen molar-refractivity contribution in [2.75, 3.05) is 26.3 Å². The van der Waals surface area contributed by atoms with Crippen LogP contribution in [0.5, 0.6) is 5.75 Å². The number of morpholine rings is 1. The average Bonchev–Trinajstić information content (AvgIpc) is 2.52. The fraction of sp³-hybridized carbons (Fsp3) is 0.571. The predicted octanol–water partition coefficient (Wildman–Crippen LogP) is 1.21. The number of ether oxygens (including phenoxy) is 2. The summed E-state index contributed by atoms with van der Waals surface area (Å²) in [6.07, 6.45) is -3.48. The smallest absolute Gasteiger partial charge is 0.422 e. The van der Waals surface area contributed by atoms with E-state index in [2.05, 4.69) is 4.98 Å². The first kappa shape index (κ1) is 17.5. The van der Waals surface area contributed by atoms with Gasteiger partial charge in [-0.1, -0.05) is 0 Å². The third kappa shape index (κ3) is 4.80. The first-order valence-corrected chi connectivity index (χ1v) is 7.09. The van der Waals surface area contributed by atoms with Crippen molar-refractivity contribution >= 4 is 5.91 Å². The fourth-order valence-electron chi connectivity index (χ4n) is 2.15. The first-order valence-electron chi connectivity index (χ1n) is 7.09. The zero-order valence-electron chi connectivity index (χ0n) is 12.5. The number of carbonyl (C=O) groups excluding carboxylic acids is 1. The molecule has 0 aliphatic carbocycles. The standard InChI is InChI=1S/C14H18F3N3O3/c1-9(18)11-7-20(5-6-22-11)13(21)12-10(3-2-4-19-12)23-8-14(15,16)17/h2-4,9,11H,5-8,18H2,1H3. The Morgan fingerprint density at radius 2 is 2.35 bits per heavy atom. The molecule has 9 heteroatoms. The Labute approximate surface area is 131 Å². The van der Waals surface area contributed by atoms with E-state index >= 15 is 0 Å². The van der Waals surface area contributed by atoms with E-state index in [1.165, 1.54) is 23.2 Å². The van der Waals surface area contributed by atoms with Crippen LogP contribution in [-0.4, -0.2) is 60.4 Å². The van der Waals surface area contributed by atoms with Crippen LogP contribution in [-0.2, 0) is 4.74 Å². The average molecular weight is 333 g/mol. The Morgan fingerprint density at radius 1 is 1.61 bits per heavy atom. The Kier molecular flexibility index (Phi) is 5.42. The van der Waals surface area contributed by atoms with Crippen LogP contribution in [0.2, 0.25) is 0 Å². The molecule has 128 valence electrons. The maximum Gasteiger partial charge on any atom is 0.422 e. The molecule has 1 aromatic rings. The van der Waals surface area contributed by atoms with E-state index < -0.39 is 18.7 Å². The zero-order chi connectivity index (χ0) is 17.0. The molecule has 2 rings (SSSR count). The largest absolute Gasteiger partial charge is 0.482 e. The van der Waals surface area contributed by atoms with Gasteiger partial charge >= 0.3 is 6.18 Å². The van der Waals surface area contributed by atoms with Gasteiger partial charge in [-0.15, -0.1) is 0 Å². The molecule has 23 heavy (non-hydrogen) atoms. The van der Waals surface area contributed by atoms with E-state index in [0.717, 1.165) is 0 Å². The van der Waals surface area contributed by atoms with Gasteiger partial charge in [-0.05, 0) is 19.1 Å². The van der Waals surface area contributed by atoms with Crippen molar-refractivity contribution in [3.05, 3.63) is 24.0 Å². The summed E-state index contributed by atoms with van der Waals surface area (Å²) in [5, 5.41) is 0. The summed E-state index contributed by atoms with van der Waals surface area (Å²) in [5.74, 6) is -0.699. The molecule has 1 fully saturated rings. The van der Waals surface area contributed by atoms with Gasteiger partial charge < -0.3 is 20.1 Å². The number of aromatic nitrogens is 1. The van der Waals surface area contributed by atoms with Crippen molar-refractivity contribution in [3.63, 3.8) is 0 Å². The van der Waals surface area contributed by atoms with Gasteiger partial charge in [0.25, 0.3) is 5.91 Å². The molecule has 2 N–H and O–H groups in total. The highest BCUT2D eigenvalue weighted by Crippen LogP contribution is 2.22. The molecule has 2 unspecified atom stereocenters. The van der Waals surface area contributed by atoms with Crippen LogP contribution in [0.15, 0.2) is 18.3 Å². The van der Waals surface area contributed by atoms with E-state index in [-0.39, 0.29) is 30.1 Å². The lowest BCUT2D eigenvalue weighted by Crippen LogP contribution is -2.51. The van der Waals surface area contributed by atoms with Crippen molar-refractivity contribution < 1.29 is 27.4 Å². The number of hydrogen-bond donors (Lipinski definition) is 1. The van der Waals surface area contributed by atoms with Gasteiger partial charge in [-0.2, -0.15) is 13.2 Å². The molecule has 0 aromatic carbocycles. The second kappa shape index (κ2) is 7.14. The fourth-order valence-corrected chi connectivity index (χ4v) is 2.15. The molecular formula is C14H18F3N3O3. The molecule has 1 aromatic heterocycles. The molecule has 0 bridgehead atoms. The Hall–Kier alpha value is -1.87. The van der Waals surface area contributed by atoms with Crippen LogP contribution in [0.1, 0.15) is 17.4 Å². The summed E-state index contributed by atoms with van der Waals surface area (Å²) in [5.41, 5.74) is 5.61. The molecular weight excluding hydrogens is 315 g/mol. The summed E-state index contributed by atoms with van der Waals surface area (Å²) in [7, 11) is 0. The lowest BCUT2D eigenvalue weighted by atomic mass is 10.1. The SMILES string of the molecule is CC(N)C1CN(C(=O)c2ncccc2OCC(F)(F)F)CCO1. The minimum absolute atomic E-state index is 0.151. The molecule has 1 aliphatic rings. The number of nitrogens with zero attached hydrogens (tertiary/aromatic N) is 2. The predicted molar refractivity (Wildman–Crippen MR) is 75.1 cm³/mol. The maximum atomic E-state index is 12.5. The van der Waals surface area contributed by atoms with Crippen molar-refractivity contribution in [1.29, 1.82) is 0 Å². The third-order valence-electron chi connectivity index (χ3n) is 3.33. The van der Waals surface area contributed by atoms with Gasteiger partial charge in [-0.3, -0.25) is 4.79 Å². The van der Waals surface area contributed by atoms with Crippen LogP contribution >= 0.6 is 0 Å². The summed E-state index contributed by atoms with van der Waals surface area (Å²) in [6.45, 7) is 1.16. The summed E-state index contributed by atoms with van der Waals surface area (Å²) in [6, 6.07) is 2.43. The molecule has 6 nitrogen and oxygen atoms in total. The molecule has 1 saturated heterocycles. The van der Waals surface area contributed by atoms with Crippen molar-refractivity contribution in [1.82, 2.24) is 9.88 Å². The van der Waals surface area contributed by atoms with Gasteiger partial charge in [0.2, 0.25) is 0 Å². The molecule has 0 spiro atoms. The number of alkyl halides is 3. The van der Waals surface area contributed by atoms with Crippen LogP contribution in [0.3, 0.4) is 0 Å². The summed E-state index contributed by atoms with van der Waals surface area (Å²) in [4.78, 5) is 17.8. The number of carbonyl (C=O) groups is 1. The van der Waals surface area contributed by atoms with Gasteiger partial charge in [0.1, 0.15) is 0 Å². The highest BCUT2D eigenvalue weighted by molar-refractivity contribution is 5.95. The Morgan fingerprint density at radius 3 is 3.00 bits per heavy atom. The molecule has 0 radical (unpaired) electrons. The molecule has 2 heterocycles. The van der Waals surface area contributed by atoms with Crippen LogP contribution in [0.25, 0.3) is 0 Å². The highest BCUT2D eigenvalue weighted by Gasteiger charge is 2.32. The molecule has 1 aliphatic heterocycles. The Balaban J connectivity index is 2.12. The van der Waals surface area contributed by atoms with Crippen molar-refractivity contribution in [2.45, 2.75) is 25.2 Å². The quantitative estimate of drug-likeness (QED) is 0.896. The number of hydrogen-bond acceptors (Lipinski definition) is 5. The first-order chi connectivity index (χ1) is 10.8. The van der Waals surface area contributed by atoms with Gasteiger partial charge in [0.15, 0.2) is 18.1 Å². The third-order valence-corrected chi connectivity index (χ3v) is 3.33. The second-order valence-corrected chi connectivity index (χ2v) is 5.27. The highest BCUT2D eigenvalue weighted by atomic mass is 19.4. The van der Waals surface area contributed by atoms with Crippen LogP contribution in [0.4, 0.5) is 13.2 Å². The van der Waals surface area contributed by atoms with Crippen molar-refractivity contribution in [2.24, 2.45) is 5.73 Å². The number of pyridine rings is 1. The number of rotatable bonds is 4. The summed E-state index contributed by atoms with van der Waals surface area (Å²) < 4.78 is 47.0. The lowest BCUT2D eigenvalue weighted by molar-refractivity contribution is -0.153. The monoisotopic (exact) mass is 333 g/mol. The van der Waals surface area contributed by atoms with E-state index in [0.29, 0.717) is 13.2 Å². The number of amides is 1. The normalized spacial score (nSPS) is 20.2. The minimum atomic E-state index is -4.49. The number of halogens is 3. The second-order valence-electron chi connectivity index (χ2n) is 5.27. The maximum absolute atomic E-state index is 12.5. The van der Waals surface area contributed by atoms with Gasteiger partial charge in [-0.25, -0.2) is 4.98 Å². The lowest BCUT2D eigenvalue weighted by Gasteiger charge is -2.34. The number of nitrogens with two attached hydrogens (primary N) is 1. The van der Waals surface area contributed by atoms with E-state index in [9.17, 15) is 18.0 Å². The molecule has 1 amide bonds. The van der Waals surface area contributed by atoms with Gasteiger partial charge in [0.05, 0.1) is 12.7 Å². The zero-order valence-corrected chi connectivity index (χ0v) is 12.5. The van der Waals surface area contributed by atoms with Crippen LogP contribution in [0, 0.1) is 0 Å². The molecule has 2 atom stereocenters. The van der Waals surface area contributed by atoms with Gasteiger partial charge in [0, 0.05) is 25.3 Å².